The normalized spacial score (nSPS) is 11.4. The number of imidazole rings is 1. The molecule has 0 radical (unpaired) electrons. The molecule has 0 saturated carbocycles. The van der Waals surface area contributed by atoms with Crippen LogP contribution in [0.5, 0.6) is 23.0 Å². The van der Waals surface area contributed by atoms with Crippen molar-refractivity contribution in [3.05, 3.63) is 266 Å². The van der Waals surface area contributed by atoms with E-state index in [0.29, 0.717) is 87.8 Å². The fourth-order valence-electron chi connectivity index (χ4n) is 16.3. The molecule has 9 aromatic heterocycles. The molecule has 0 fully saturated rings. The average Bonchev–Trinajstić information content (AvgIpc) is 1.62. The number of rotatable bonds is 28. The first-order chi connectivity index (χ1) is 61.2. The van der Waals surface area contributed by atoms with Crippen molar-refractivity contribution in [1.82, 2.24) is 98.3 Å². The second-order valence-corrected chi connectivity index (χ2v) is 32.4. The zero-order chi connectivity index (χ0) is 91.8. The van der Waals surface area contributed by atoms with Crippen molar-refractivity contribution < 1.29 is 45.7 Å². The van der Waals surface area contributed by atoms with Gasteiger partial charge in [-0.25, -0.2) is 22.5 Å². The third-order valence-electron chi connectivity index (χ3n) is 23.3. The lowest BCUT2D eigenvalue weighted by Crippen LogP contribution is -2.23. The van der Waals surface area contributed by atoms with Crippen LogP contribution in [-0.4, -0.2) is 162 Å². The Labute approximate surface area is 741 Å². The highest BCUT2D eigenvalue weighted by Crippen LogP contribution is 2.40. The average molecular weight is 1750 g/mol. The minimum absolute atomic E-state index is 0.0772. The van der Waals surface area contributed by atoms with Crippen molar-refractivity contribution in [1.29, 1.82) is 0 Å². The maximum Gasteiger partial charge on any atom is 0.274 e. The SMILES string of the molecule is CNCc1cnc2ccc(-c3ccc(F)cc3OCCc3c(C(=O)N(C)C)nn(C)c3C)cn12.CNCc1nn(C)c2ccc(-c3cccc(F)c3OCCc3c(C)nn(C)c3C)cc12.Cc1nn(C)c(C)c1CCOc1c(-c2ccc3c(c2)c(CN(C)C)nn3C)ccc(F)c1F.Cc1nn(C)c(C)c1CCOc1cc(F)ccc1-c1ccc2c(c1)c(CN)nn2C. The van der Waals surface area contributed by atoms with Gasteiger partial charge in [0.05, 0.1) is 89.0 Å². The number of halogens is 5. The first-order valence-corrected chi connectivity index (χ1v) is 42.3. The number of pyridine rings is 1. The van der Waals surface area contributed by atoms with Gasteiger partial charge in [-0.05, 0) is 201 Å². The molecule has 31 heteroatoms. The number of nitrogens with zero attached hydrogens (tertiary/aromatic N) is 18. The van der Waals surface area contributed by atoms with E-state index in [9.17, 15) is 26.7 Å². The van der Waals surface area contributed by atoms with Crippen LogP contribution in [0, 0.1) is 77.6 Å². The largest absolute Gasteiger partial charge is 0.492 e. The topological polar surface area (TPSA) is 253 Å². The molecule has 128 heavy (non-hydrogen) atoms. The summed E-state index contributed by atoms with van der Waals surface area (Å²) in [5.74, 6) is -1.97. The lowest BCUT2D eigenvalue weighted by molar-refractivity contribution is 0.0819. The molecule has 0 bridgehead atoms. The fourth-order valence-corrected chi connectivity index (χ4v) is 16.3. The molecule has 16 rings (SSSR count). The lowest BCUT2D eigenvalue weighted by Gasteiger charge is -2.14. The Morgan fingerprint density at radius 1 is 0.430 bits per heavy atom. The van der Waals surface area contributed by atoms with E-state index < -0.39 is 11.6 Å². The van der Waals surface area contributed by atoms with Gasteiger partial charge in [-0.15, -0.1) is 0 Å². The lowest BCUT2D eigenvalue weighted by atomic mass is 10.0. The number of carbonyl (C=O) groups excluding carboxylic acids is 1. The summed E-state index contributed by atoms with van der Waals surface area (Å²) in [6.07, 6.45) is 6.22. The van der Waals surface area contributed by atoms with Crippen LogP contribution in [-0.2, 0) is 101 Å². The number of amides is 1. The molecule has 16 aromatic rings. The standard InChI is InChI=1S/C25H29F2N5O.C25H29FN6O2.C24H28FN5O.C23H26FN5O/c1-15-18(16(2)31(5)28-15)11-12-33-25-19(8-9-21(26)24(25)27)17-7-10-23-20(13-17)22(14-30(3)4)29-32(23)6;1-16-20(24(29-31(16)5)25(33)30(3)4)10-11-34-22-12-18(26)7-8-21(22)17-6-9-23-28-14-19(13-27-2)32(23)15-17;1-15-18(16(2)29(4)27-15)11-12-31-24-19(7-6-8-21(24)25)17-9-10-23-20(13-17)22(14-26-3)28-30(23)5;1-14-18(15(2)28(3)26-14)9-10-30-23-12-17(24)6-7-19(23)16-5-8-22-20(11-16)21(13-25)27-29(22)4/h7-10,13H,11-12,14H2,1-6H3;6-9,12,14-15,27H,10-11,13H2,1-5H3;6-10,13,26H,11-12,14H2,1-5H3;5-8,11-12H,9-10,13,25H2,1-4H3. The molecule has 26 nitrogen and oxygen atoms in total. The molecule has 670 valence electrons. The first kappa shape index (κ1) is 92.3. The third-order valence-corrected chi connectivity index (χ3v) is 23.3. The Balaban J connectivity index is 0.000000146. The summed E-state index contributed by atoms with van der Waals surface area (Å²) in [5, 5.41) is 40.7. The zero-order valence-corrected chi connectivity index (χ0v) is 76.4. The van der Waals surface area contributed by atoms with Gasteiger partial charge in [0, 0.05) is 206 Å². The van der Waals surface area contributed by atoms with Gasteiger partial charge in [0.25, 0.3) is 5.91 Å². The Morgan fingerprint density at radius 2 is 0.859 bits per heavy atom. The van der Waals surface area contributed by atoms with E-state index in [4.69, 9.17) is 24.7 Å². The van der Waals surface area contributed by atoms with E-state index in [-0.39, 0.29) is 48.1 Å². The van der Waals surface area contributed by atoms with Crippen molar-refractivity contribution in [2.24, 2.45) is 55.1 Å². The Bertz CT molecular complexity index is 6720. The van der Waals surface area contributed by atoms with Gasteiger partial charge in [0.2, 0.25) is 5.82 Å². The molecule has 1 amide bonds. The van der Waals surface area contributed by atoms with E-state index >= 15 is 0 Å². The first-order valence-electron chi connectivity index (χ1n) is 42.3. The Kier molecular flexibility index (Phi) is 28.9. The second kappa shape index (κ2) is 40.1. The Morgan fingerprint density at radius 3 is 1.35 bits per heavy atom. The number of nitrogens with one attached hydrogen (secondary N) is 2. The van der Waals surface area contributed by atoms with Crippen molar-refractivity contribution in [2.45, 2.75) is 100 Å². The van der Waals surface area contributed by atoms with E-state index in [1.54, 1.807) is 43.0 Å². The minimum Gasteiger partial charge on any atom is -0.492 e. The predicted molar refractivity (Wildman–Crippen MR) is 490 cm³/mol. The van der Waals surface area contributed by atoms with Gasteiger partial charge in [-0.2, -0.15) is 40.1 Å². The van der Waals surface area contributed by atoms with Crippen LogP contribution in [0.3, 0.4) is 0 Å². The predicted octanol–water partition coefficient (Wildman–Crippen LogP) is 15.7. The van der Waals surface area contributed by atoms with E-state index in [1.807, 2.05) is 243 Å². The highest BCUT2D eigenvalue weighted by molar-refractivity contribution is 5.94. The van der Waals surface area contributed by atoms with Gasteiger partial charge in [-0.1, -0.05) is 30.3 Å². The third kappa shape index (κ3) is 20.0. The molecule has 0 atom stereocenters. The number of carbonyl (C=O) groups is 1. The summed E-state index contributed by atoms with van der Waals surface area (Å²) in [4.78, 5) is 20.5. The highest BCUT2D eigenvalue weighted by Gasteiger charge is 2.26. The zero-order valence-electron chi connectivity index (χ0n) is 76.4. The van der Waals surface area contributed by atoms with Crippen LogP contribution in [0.25, 0.3) is 82.9 Å². The summed E-state index contributed by atoms with van der Waals surface area (Å²) in [5.41, 5.74) is 31.5. The summed E-state index contributed by atoms with van der Waals surface area (Å²) in [7, 11) is 24.4. The molecule has 0 aliphatic rings. The van der Waals surface area contributed by atoms with Crippen molar-refractivity contribution in [3.63, 3.8) is 0 Å². The molecular weight excluding hydrogens is 1630 g/mol. The quantitative estimate of drug-likeness (QED) is 0.0385. The summed E-state index contributed by atoms with van der Waals surface area (Å²) in [6, 6.07) is 38.7. The number of hydrogen-bond donors (Lipinski definition) is 3. The molecule has 9 heterocycles. The van der Waals surface area contributed by atoms with Crippen molar-refractivity contribution in [2.75, 3.05) is 68.7 Å². The van der Waals surface area contributed by atoms with Crippen LogP contribution in [0.1, 0.15) is 95.4 Å². The molecule has 0 spiro atoms. The maximum absolute atomic E-state index is 14.9. The second-order valence-electron chi connectivity index (χ2n) is 32.4. The van der Waals surface area contributed by atoms with Crippen LogP contribution >= 0.6 is 0 Å². The Hall–Kier alpha value is -13.4. The van der Waals surface area contributed by atoms with Gasteiger partial charge in [0.1, 0.15) is 28.8 Å². The highest BCUT2D eigenvalue weighted by atomic mass is 19.2. The monoisotopic (exact) mass is 1750 g/mol. The van der Waals surface area contributed by atoms with E-state index in [2.05, 4.69) is 57.4 Å². The minimum atomic E-state index is -0.980. The molecule has 7 aromatic carbocycles. The molecule has 4 N–H and O–H groups in total. The van der Waals surface area contributed by atoms with Crippen LogP contribution < -0.4 is 35.3 Å². The number of benzene rings is 7. The van der Waals surface area contributed by atoms with Crippen LogP contribution in [0.2, 0.25) is 0 Å². The number of hydrogen-bond acceptors (Lipinski definition) is 17. The molecule has 0 saturated heterocycles. The van der Waals surface area contributed by atoms with Gasteiger partial charge >= 0.3 is 0 Å². The van der Waals surface area contributed by atoms with Crippen molar-refractivity contribution >= 4 is 44.3 Å². The number of nitrogens with two attached hydrogens (primary N) is 1. The molecule has 0 aliphatic heterocycles. The summed E-state index contributed by atoms with van der Waals surface area (Å²) in [6.45, 7) is 17.6. The van der Waals surface area contributed by atoms with E-state index in [0.717, 1.165) is 163 Å². The van der Waals surface area contributed by atoms with Crippen molar-refractivity contribution in [3.8, 4) is 67.5 Å². The molecular formula is C97H112F5N21O5. The molecule has 0 unspecified atom stereocenters. The number of aryl methyl sites for hydroxylation is 10. The number of para-hydroxylation sites is 1. The smallest absolute Gasteiger partial charge is 0.274 e. The maximum atomic E-state index is 14.9. The van der Waals surface area contributed by atoms with Gasteiger partial charge < -0.3 is 49.5 Å². The van der Waals surface area contributed by atoms with Crippen LogP contribution in [0.4, 0.5) is 22.0 Å². The number of fused-ring (bicyclic) bond motifs is 4. The van der Waals surface area contributed by atoms with Crippen LogP contribution in [0.15, 0.2) is 146 Å². The number of aromatic nitrogens is 16. The molecule has 0 aliphatic carbocycles. The van der Waals surface area contributed by atoms with E-state index in [1.165, 1.54) is 40.8 Å². The van der Waals surface area contributed by atoms with Gasteiger partial charge in [-0.3, -0.25) is 37.6 Å². The summed E-state index contributed by atoms with van der Waals surface area (Å²) >= 11 is 0. The summed E-state index contributed by atoms with van der Waals surface area (Å²) < 4.78 is 111. The number of ether oxygens (including phenoxy) is 4. The van der Waals surface area contributed by atoms with Gasteiger partial charge in [0.15, 0.2) is 28.8 Å². The fraction of sp³-hybridized carbons (Fsp3) is 0.330.